The lowest BCUT2D eigenvalue weighted by Crippen LogP contribution is -2.71. The average molecular weight is 441 g/mol. The third kappa shape index (κ3) is 3.91. The van der Waals surface area contributed by atoms with Gasteiger partial charge in [-0.2, -0.15) is 0 Å². The molecule has 13 nitrogen and oxygen atoms in total. The predicted molar refractivity (Wildman–Crippen MR) is 101 cm³/mol. The molecule has 0 saturated carbocycles. The number of fused-ring (bicyclic) bond motifs is 1. The fourth-order valence-electron chi connectivity index (χ4n) is 3.00. The average Bonchev–Trinajstić information content (AvgIpc) is 3.12. The van der Waals surface area contributed by atoms with E-state index in [9.17, 15) is 24.3 Å². The van der Waals surface area contributed by atoms with Crippen LogP contribution in [-0.2, 0) is 33.5 Å². The highest BCUT2D eigenvalue weighted by Gasteiger charge is 2.54. The van der Waals surface area contributed by atoms with Crippen molar-refractivity contribution in [3.8, 4) is 0 Å². The number of amidine groups is 1. The number of β-lactam (4-membered cyclic amide) rings is 1. The van der Waals surface area contributed by atoms with Crippen LogP contribution in [0.4, 0.5) is 0 Å². The number of nitrogens with two attached hydrogens (primary N) is 1. The van der Waals surface area contributed by atoms with Gasteiger partial charge in [0.15, 0.2) is 0 Å². The molecule has 1 fully saturated rings. The fraction of sp³-hybridized carbons (Fsp3) is 0.438. The Hall–Kier alpha value is -3.26. The number of carboxylic acid groups (broad SMARTS) is 1. The van der Waals surface area contributed by atoms with E-state index in [0.29, 0.717) is 5.57 Å². The van der Waals surface area contributed by atoms with Crippen molar-refractivity contribution in [2.45, 2.75) is 24.7 Å². The van der Waals surface area contributed by atoms with Gasteiger partial charge in [-0.05, 0) is 0 Å². The van der Waals surface area contributed by atoms with Crippen molar-refractivity contribution in [2.75, 3.05) is 19.5 Å². The molecule has 0 aromatic heterocycles. The molecule has 1 saturated heterocycles. The molecule has 3 rings (SSSR count). The Morgan fingerprint density at radius 3 is 2.77 bits per heavy atom. The minimum Gasteiger partial charge on any atom is -0.477 e. The van der Waals surface area contributed by atoms with Gasteiger partial charge in [0.1, 0.15) is 37.1 Å². The summed E-state index contributed by atoms with van der Waals surface area (Å²) in [4.78, 5) is 55.0. The van der Waals surface area contributed by atoms with Gasteiger partial charge in [0, 0.05) is 24.4 Å². The van der Waals surface area contributed by atoms with Crippen molar-refractivity contribution in [1.82, 2.24) is 15.1 Å². The van der Waals surface area contributed by atoms with Gasteiger partial charge >= 0.3 is 11.9 Å². The molecular formula is C16H19N5O8S. The standard InChI is InChI=1S/C16H19N5O8S/c1-7(22)29-5-8-6-30-14-9(13(24)21(14)10(8)15(25)26)18-12(23)11(19-27-2)20-3-4-28-16(20)17/h3-4,9,14,16H,5-6,17H2,1-2H3,(H,18,23)(H,25,26)/t9?,14-,16?/m0/s1. The molecule has 30 heavy (non-hydrogen) atoms. The van der Waals surface area contributed by atoms with Crippen LogP contribution in [0, 0.1) is 0 Å². The van der Waals surface area contributed by atoms with E-state index >= 15 is 0 Å². The zero-order valence-electron chi connectivity index (χ0n) is 15.9. The van der Waals surface area contributed by atoms with E-state index in [1.807, 2.05) is 0 Å². The number of carboxylic acids is 1. The van der Waals surface area contributed by atoms with Crippen LogP contribution < -0.4 is 11.1 Å². The quantitative estimate of drug-likeness (QED) is 0.146. The number of aliphatic carboxylic acids is 1. The van der Waals surface area contributed by atoms with Crippen LogP contribution in [-0.4, -0.2) is 81.7 Å². The third-order valence-corrected chi connectivity index (χ3v) is 5.66. The monoisotopic (exact) mass is 441 g/mol. The Kier molecular flexibility index (Phi) is 6.17. The molecule has 0 aliphatic carbocycles. The van der Waals surface area contributed by atoms with Crippen LogP contribution in [0.3, 0.4) is 0 Å². The summed E-state index contributed by atoms with van der Waals surface area (Å²) in [5.74, 6) is -3.30. The molecule has 0 aromatic rings. The van der Waals surface area contributed by atoms with Crippen molar-refractivity contribution < 1.29 is 38.6 Å². The summed E-state index contributed by atoms with van der Waals surface area (Å²) in [5.41, 5.74) is 5.76. The number of hydrogen-bond donors (Lipinski definition) is 3. The van der Waals surface area contributed by atoms with Crippen LogP contribution in [0.25, 0.3) is 0 Å². The van der Waals surface area contributed by atoms with E-state index < -0.39 is 41.5 Å². The highest BCUT2D eigenvalue weighted by atomic mass is 32.2. The molecular weight excluding hydrogens is 422 g/mol. The van der Waals surface area contributed by atoms with Gasteiger partial charge in [0.2, 0.25) is 12.2 Å². The van der Waals surface area contributed by atoms with Crippen LogP contribution in [0.5, 0.6) is 0 Å². The van der Waals surface area contributed by atoms with Crippen molar-refractivity contribution in [3.05, 3.63) is 23.7 Å². The van der Waals surface area contributed by atoms with Gasteiger partial charge in [-0.1, -0.05) is 5.16 Å². The Balaban J connectivity index is 1.75. The first-order valence-electron chi connectivity index (χ1n) is 8.57. The van der Waals surface area contributed by atoms with Gasteiger partial charge in [-0.25, -0.2) is 4.79 Å². The zero-order valence-corrected chi connectivity index (χ0v) is 16.7. The Bertz CT molecular complexity index is 872. The maximum atomic E-state index is 12.7. The van der Waals surface area contributed by atoms with Crippen molar-refractivity contribution >= 4 is 41.4 Å². The molecule has 162 valence electrons. The largest absolute Gasteiger partial charge is 0.477 e. The number of carbonyl (C=O) groups excluding carboxylic acids is 3. The summed E-state index contributed by atoms with van der Waals surface area (Å²) in [7, 11) is 1.24. The topological polar surface area (TPSA) is 173 Å². The lowest BCUT2D eigenvalue weighted by atomic mass is 10.0. The molecule has 14 heteroatoms. The number of amides is 2. The SMILES string of the molecule is CON=C(C(=O)NC1C(=O)N2C(C(=O)O)=C(COC(C)=O)CS[C@@H]12)N1C=COC1N. The predicted octanol–water partition coefficient (Wildman–Crippen LogP) is -1.71. The maximum Gasteiger partial charge on any atom is 0.352 e. The van der Waals surface area contributed by atoms with E-state index in [4.69, 9.17) is 15.2 Å². The number of rotatable bonds is 5. The molecule has 0 spiro atoms. The van der Waals surface area contributed by atoms with Crippen LogP contribution in [0.2, 0.25) is 0 Å². The second-order valence-electron chi connectivity index (χ2n) is 6.22. The van der Waals surface area contributed by atoms with E-state index in [-0.39, 0.29) is 23.9 Å². The van der Waals surface area contributed by atoms with Crippen molar-refractivity contribution in [3.63, 3.8) is 0 Å². The van der Waals surface area contributed by atoms with Crippen LogP contribution in [0.1, 0.15) is 6.92 Å². The van der Waals surface area contributed by atoms with E-state index in [1.165, 1.54) is 43.2 Å². The highest BCUT2D eigenvalue weighted by molar-refractivity contribution is 8.00. The minimum atomic E-state index is -1.33. The molecule has 3 aliphatic rings. The first-order chi connectivity index (χ1) is 14.3. The number of hydrogen-bond acceptors (Lipinski definition) is 10. The second kappa shape index (κ2) is 8.62. The summed E-state index contributed by atoms with van der Waals surface area (Å²) in [6.45, 7) is 0.965. The molecule has 3 heterocycles. The molecule has 3 atom stereocenters. The summed E-state index contributed by atoms with van der Waals surface area (Å²) >= 11 is 1.24. The summed E-state index contributed by atoms with van der Waals surface area (Å²) in [6.07, 6.45) is 1.65. The first kappa shape index (κ1) is 21.4. The third-order valence-electron chi connectivity index (χ3n) is 4.33. The molecule has 0 aromatic carbocycles. The van der Waals surface area contributed by atoms with Gasteiger partial charge in [-0.3, -0.25) is 29.9 Å². The van der Waals surface area contributed by atoms with Gasteiger partial charge in [-0.15, -0.1) is 11.8 Å². The summed E-state index contributed by atoms with van der Waals surface area (Å²) in [6, 6.07) is -0.988. The number of oxime groups is 1. The molecule has 4 N–H and O–H groups in total. The maximum absolute atomic E-state index is 12.7. The zero-order chi connectivity index (χ0) is 22.0. The molecule has 0 radical (unpaired) electrons. The van der Waals surface area contributed by atoms with Crippen molar-refractivity contribution in [1.29, 1.82) is 0 Å². The van der Waals surface area contributed by atoms with Crippen LogP contribution in [0.15, 0.2) is 28.9 Å². The van der Waals surface area contributed by atoms with Gasteiger partial charge in [0.25, 0.3) is 11.8 Å². The fourth-order valence-corrected chi connectivity index (χ4v) is 4.33. The van der Waals surface area contributed by atoms with Gasteiger partial charge in [0.05, 0.1) is 0 Å². The smallest absolute Gasteiger partial charge is 0.352 e. The van der Waals surface area contributed by atoms with Gasteiger partial charge < -0.3 is 24.7 Å². The number of nitrogens with zero attached hydrogens (tertiary/aromatic N) is 3. The molecule has 2 amide bonds. The van der Waals surface area contributed by atoms with E-state index in [1.54, 1.807) is 0 Å². The second-order valence-corrected chi connectivity index (χ2v) is 7.32. The Morgan fingerprint density at radius 1 is 1.47 bits per heavy atom. The number of esters is 1. The molecule has 3 aliphatic heterocycles. The highest BCUT2D eigenvalue weighted by Crippen LogP contribution is 2.40. The minimum absolute atomic E-state index is 0.211. The molecule has 2 unspecified atom stereocenters. The van der Waals surface area contributed by atoms with Crippen molar-refractivity contribution in [2.24, 2.45) is 10.9 Å². The van der Waals surface area contributed by atoms with E-state index in [0.717, 1.165) is 4.90 Å². The number of nitrogens with one attached hydrogen (secondary N) is 1. The van der Waals surface area contributed by atoms with Crippen LogP contribution >= 0.6 is 11.8 Å². The Morgan fingerprint density at radius 2 is 2.20 bits per heavy atom. The number of ether oxygens (including phenoxy) is 2. The Labute approximate surface area is 174 Å². The van der Waals surface area contributed by atoms with E-state index in [2.05, 4.69) is 15.3 Å². The summed E-state index contributed by atoms with van der Waals surface area (Å²) in [5, 5.41) is 15.1. The normalized spacial score (nSPS) is 25.4. The number of carbonyl (C=O) groups is 4. The lowest BCUT2D eigenvalue weighted by molar-refractivity contribution is -0.150. The summed E-state index contributed by atoms with van der Waals surface area (Å²) < 4.78 is 9.88. The number of thioether (sulfide) groups is 1. The lowest BCUT2D eigenvalue weighted by Gasteiger charge is -2.49. The first-order valence-corrected chi connectivity index (χ1v) is 9.62. The molecule has 0 bridgehead atoms.